The molecule has 3 aliphatic rings. The predicted molar refractivity (Wildman–Crippen MR) is 139 cm³/mol. The topological polar surface area (TPSA) is 53.4 Å². The first-order valence-corrected chi connectivity index (χ1v) is 13.4. The van der Waals surface area contributed by atoms with Crippen LogP contribution in [0.3, 0.4) is 0 Å². The second-order valence-electron chi connectivity index (χ2n) is 10.6. The van der Waals surface area contributed by atoms with Crippen LogP contribution in [0, 0.1) is 17.9 Å². The summed E-state index contributed by atoms with van der Waals surface area (Å²) in [5.74, 6) is 1.55. The molecule has 0 spiro atoms. The van der Waals surface area contributed by atoms with Gasteiger partial charge >= 0.3 is 0 Å². The minimum Gasteiger partial charge on any atom is -0.393 e. The maximum absolute atomic E-state index is 9.89. The Balaban J connectivity index is 0.000000179. The SMILES string of the molecule is OC1CCCCC2CCCC(O)C12.[Ir].[c-]1ccccc1-c1cc2cc(C3CCCC3)ccc2cn1. The summed E-state index contributed by atoms with van der Waals surface area (Å²) in [6, 6.07) is 20.3. The van der Waals surface area contributed by atoms with Crippen LogP contribution in [0.5, 0.6) is 0 Å². The molecule has 2 aromatic carbocycles. The normalized spacial score (nSPS) is 26.7. The van der Waals surface area contributed by atoms with E-state index in [1.807, 2.05) is 24.4 Å². The van der Waals surface area contributed by atoms with Crippen LogP contribution in [0.15, 0.2) is 54.7 Å². The second kappa shape index (κ2) is 12.6. The zero-order valence-electron chi connectivity index (χ0n) is 20.5. The van der Waals surface area contributed by atoms with Crippen LogP contribution in [0.4, 0.5) is 0 Å². The minimum absolute atomic E-state index is 0. The van der Waals surface area contributed by atoms with E-state index in [-0.39, 0.29) is 38.2 Å². The van der Waals surface area contributed by atoms with Crippen LogP contribution >= 0.6 is 0 Å². The van der Waals surface area contributed by atoms with Gasteiger partial charge in [-0.2, -0.15) is 0 Å². The summed E-state index contributed by atoms with van der Waals surface area (Å²) in [6.45, 7) is 0. The number of aliphatic hydroxyl groups is 2. The smallest absolute Gasteiger partial charge is 0.0595 e. The van der Waals surface area contributed by atoms with Gasteiger partial charge in [-0.05, 0) is 72.4 Å². The predicted octanol–water partition coefficient (Wildman–Crippen LogP) is 7.06. The Morgan fingerprint density at radius 2 is 1.46 bits per heavy atom. The van der Waals surface area contributed by atoms with E-state index >= 15 is 0 Å². The van der Waals surface area contributed by atoms with E-state index < -0.39 is 0 Å². The van der Waals surface area contributed by atoms with E-state index in [0.29, 0.717) is 5.92 Å². The molecule has 4 heteroatoms. The molecule has 1 radical (unpaired) electrons. The zero-order chi connectivity index (χ0) is 23.3. The molecule has 35 heavy (non-hydrogen) atoms. The van der Waals surface area contributed by atoms with Crippen molar-refractivity contribution in [3.63, 3.8) is 0 Å². The number of benzene rings is 2. The fourth-order valence-electron chi connectivity index (χ4n) is 6.52. The van der Waals surface area contributed by atoms with Crippen LogP contribution < -0.4 is 0 Å². The molecule has 3 aliphatic carbocycles. The first kappa shape index (κ1) is 26.5. The molecule has 4 unspecified atom stereocenters. The Morgan fingerprint density at radius 3 is 2.23 bits per heavy atom. The van der Waals surface area contributed by atoms with Gasteiger partial charge in [0.05, 0.1) is 12.2 Å². The van der Waals surface area contributed by atoms with E-state index in [4.69, 9.17) is 0 Å². The van der Waals surface area contributed by atoms with E-state index in [1.165, 1.54) is 61.3 Å². The molecular formula is C31H38IrNO2-. The van der Waals surface area contributed by atoms with Gasteiger partial charge in [-0.3, -0.25) is 0 Å². The van der Waals surface area contributed by atoms with Gasteiger partial charge in [0.2, 0.25) is 0 Å². The molecule has 3 saturated carbocycles. The molecule has 3 nitrogen and oxygen atoms in total. The molecule has 0 saturated heterocycles. The van der Waals surface area contributed by atoms with Crippen LogP contribution in [0.1, 0.15) is 82.1 Å². The van der Waals surface area contributed by atoms with E-state index in [0.717, 1.165) is 42.9 Å². The molecule has 1 heterocycles. The zero-order valence-corrected chi connectivity index (χ0v) is 22.9. The van der Waals surface area contributed by atoms with Crippen molar-refractivity contribution in [3.8, 4) is 11.3 Å². The molecule has 3 fully saturated rings. The fourth-order valence-corrected chi connectivity index (χ4v) is 6.52. The third-order valence-corrected chi connectivity index (χ3v) is 8.39. The maximum atomic E-state index is 9.89. The molecule has 0 aliphatic heterocycles. The van der Waals surface area contributed by atoms with Crippen LogP contribution in [-0.4, -0.2) is 27.4 Å². The van der Waals surface area contributed by atoms with Gasteiger partial charge in [-0.25, -0.2) is 0 Å². The number of aliphatic hydroxyl groups excluding tert-OH is 2. The summed E-state index contributed by atoms with van der Waals surface area (Å²) >= 11 is 0. The van der Waals surface area contributed by atoms with E-state index in [1.54, 1.807) is 0 Å². The van der Waals surface area contributed by atoms with Crippen molar-refractivity contribution in [2.45, 2.75) is 88.8 Å². The third-order valence-electron chi connectivity index (χ3n) is 8.39. The minimum atomic E-state index is -0.234. The number of nitrogens with zero attached hydrogens (tertiary/aromatic N) is 1. The first-order valence-electron chi connectivity index (χ1n) is 13.4. The van der Waals surface area contributed by atoms with Crippen molar-refractivity contribution in [2.24, 2.45) is 11.8 Å². The van der Waals surface area contributed by atoms with Crippen molar-refractivity contribution < 1.29 is 30.3 Å². The Kier molecular flexibility index (Phi) is 9.53. The molecule has 4 atom stereocenters. The Hall–Kier alpha value is -1.58. The molecule has 0 amide bonds. The summed E-state index contributed by atoms with van der Waals surface area (Å²) in [5.41, 5.74) is 3.56. The average molecular weight is 649 g/mol. The number of rotatable bonds is 2. The van der Waals surface area contributed by atoms with Gasteiger partial charge in [-0.1, -0.05) is 56.4 Å². The number of hydrogen-bond donors (Lipinski definition) is 2. The van der Waals surface area contributed by atoms with Crippen molar-refractivity contribution in [2.75, 3.05) is 0 Å². The quantitative estimate of drug-likeness (QED) is 0.293. The molecule has 6 rings (SSSR count). The van der Waals surface area contributed by atoms with Gasteiger partial charge in [0.1, 0.15) is 0 Å². The summed E-state index contributed by atoms with van der Waals surface area (Å²) in [4.78, 5) is 4.57. The second-order valence-corrected chi connectivity index (χ2v) is 10.6. The largest absolute Gasteiger partial charge is 0.393 e. The Bertz CT molecular complexity index is 1070. The number of pyridine rings is 1. The van der Waals surface area contributed by atoms with E-state index in [9.17, 15) is 10.2 Å². The van der Waals surface area contributed by atoms with Crippen LogP contribution in [0.2, 0.25) is 0 Å². The van der Waals surface area contributed by atoms with Crippen molar-refractivity contribution in [1.82, 2.24) is 4.98 Å². The standard InChI is InChI=1S/C20H18N.C11H20O2.Ir/c1-2-8-16(9-3-1)20-13-19-12-17(15-6-4-5-7-15)10-11-18(19)14-21-20;12-9-6-2-1-4-8-5-3-7-10(13)11(8)9;/h1-3,8,10-15H,4-7H2;8-13H,1-7H2;/q-1;;. The number of fused-ring (bicyclic) bond motifs is 2. The Labute approximate surface area is 223 Å². The summed E-state index contributed by atoms with van der Waals surface area (Å²) in [6.07, 6.45) is 14.7. The number of aromatic nitrogens is 1. The molecule has 2 N–H and O–H groups in total. The van der Waals surface area contributed by atoms with E-state index in [2.05, 4.69) is 41.4 Å². The third kappa shape index (κ3) is 6.41. The van der Waals surface area contributed by atoms with Gasteiger partial charge in [-0.15, -0.1) is 35.9 Å². The molecule has 0 bridgehead atoms. The number of hydrogen-bond acceptors (Lipinski definition) is 3. The van der Waals surface area contributed by atoms with Crippen molar-refractivity contribution in [3.05, 3.63) is 66.4 Å². The van der Waals surface area contributed by atoms with Gasteiger partial charge < -0.3 is 15.2 Å². The molecule has 189 valence electrons. The molecule has 1 aromatic heterocycles. The van der Waals surface area contributed by atoms with Gasteiger partial charge in [0, 0.05) is 32.2 Å². The van der Waals surface area contributed by atoms with Crippen molar-refractivity contribution >= 4 is 10.8 Å². The summed E-state index contributed by atoms with van der Waals surface area (Å²) in [5, 5.41) is 22.2. The Morgan fingerprint density at radius 1 is 0.743 bits per heavy atom. The summed E-state index contributed by atoms with van der Waals surface area (Å²) in [7, 11) is 0. The van der Waals surface area contributed by atoms with Crippen molar-refractivity contribution in [1.29, 1.82) is 0 Å². The van der Waals surface area contributed by atoms with Gasteiger partial charge in [0.25, 0.3) is 0 Å². The molecular weight excluding hydrogens is 611 g/mol. The first-order chi connectivity index (χ1) is 16.7. The maximum Gasteiger partial charge on any atom is 0.0595 e. The fraction of sp³-hybridized carbons (Fsp3) is 0.516. The van der Waals surface area contributed by atoms with Crippen LogP contribution in [-0.2, 0) is 20.1 Å². The van der Waals surface area contributed by atoms with Gasteiger partial charge in [0.15, 0.2) is 0 Å². The molecule has 3 aromatic rings. The average Bonchev–Trinajstić information content (AvgIpc) is 3.35. The summed E-state index contributed by atoms with van der Waals surface area (Å²) < 4.78 is 0. The van der Waals surface area contributed by atoms with Crippen LogP contribution in [0.25, 0.3) is 22.0 Å². The monoisotopic (exact) mass is 649 g/mol.